The normalized spacial score (nSPS) is 11.1. The summed E-state index contributed by atoms with van der Waals surface area (Å²) in [4.78, 5) is 19.4. The Morgan fingerprint density at radius 2 is 2.11 bits per heavy atom. The number of aromatic nitrogens is 3. The van der Waals surface area contributed by atoms with Crippen LogP contribution in [-0.2, 0) is 0 Å². The first kappa shape index (κ1) is 13.7. The molecule has 2 aromatic rings. The van der Waals surface area contributed by atoms with Crippen LogP contribution in [0.25, 0.3) is 11.3 Å². The summed E-state index contributed by atoms with van der Waals surface area (Å²) in [7, 11) is 0. The standard InChI is InChI=1S/C13H13ClFN3O/c1-7(2)18-6-9(4-8(3)12(18)19)11-10(15)5-16-13(14)17-11/h4-7H,1-3H3. The first-order valence-electron chi connectivity index (χ1n) is 5.81. The van der Waals surface area contributed by atoms with Crippen LogP contribution in [0.2, 0.25) is 5.28 Å². The highest BCUT2D eigenvalue weighted by molar-refractivity contribution is 6.28. The van der Waals surface area contributed by atoms with E-state index in [1.165, 1.54) is 0 Å². The molecule has 2 rings (SSSR count). The molecule has 0 bridgehead atoms. The summed E-state index contributed by atoms with van der Waals surface area (Å²) in [5.74, 6) is -0.572. The topological polar surface area (TPSA) is 47.8 Å². The first-order chi connectivity index (χ1) is 8.90. The van der Waals surface area contributed by atoms with E-state index in [1.807, 2.05) is 13.8 Å². The van der Waals surface area contributed by atoms with Crippen molar-refractivity contribution in [2.24, 2.45) is 0 Å². The Labute approximate surface area is 114 Å². The van der Waals surface area contributed by atoms with Crippen LogP contribution in [0, 0.1) is 12.7 Å². The van der Waals surface area contributed by atoms with Gasteiger partial charge in [-0.1, -0.05) is 0 Å². The summed E-state index contributed by atoms with van der Waals surface area (Å²) in [5, 5.41) is -0.0312. The van der Waals surface area contributed by atoms with Crippen molar-refractivity contribution in [1.82, 2.24) is 14.5 Å². The molecule has 4 nitrogen and oxygen atoms in total. The molecule has 100 valence electrons. The summed E-state index contributed by atoms with van der Waals surface area (Å²) < 4.78 is 15.3. The Balaban J connectivity index is 2.70. The van der Waals surface area contributed by atoms with E-state index in [0.29, 0.717) is 11.1 Å². The number of pyridine rings is 1. The summed E-state index contributed by atoms with van der Waals surface area (Å²) in [6.07, 6.45) is 2.60. The van der Waals surface area contributed by atoms with Gasteiger partial charge in [-0.05, 0) is 38.4 Å². The largest absolute Gasteiger partial charge is 0.312 e. The molecule has 0 unspecified atom stereocenters. The highest BCUT2D eigenvalue weighted by atomic mass is 35.5. The fourth-order valence-electron chi connectivity index (χ4n) is 1.81. The van der Waals surface area contributed by atoms with Crippen LogP contribution < -0.4 is 5.56 Å². The summed E-state index contributed by atoms with van der Waals surface area (Å²) in [6.45, 7) is 5.45. The number of hydrogen-bond acceptors (Lipinski definition) is 3. The van der Waals surface area contributed by atoms with Crippen molar-refractivity contribution in [2.45, 2.75) is 26.8 Å². The van der Waals surface area contributed by atoms with Crippen LogP contribution in [0.1, 0.15) is 25.5 Å². The predicted molar refractivity (Wildman–Crippen MR) is 71.8 cm³/mol. The van der Waals surface area contributed by atoms with Crippen molar-refractivity contribution in [1.29, 1.82) is 0 Å². The molecule has 0 radical (unpaired) electrons. The Hall–Kier alpha value is -1.75. The molecule has 0 saturated carbocycles. The lowest BCUT2D eigenvalue weighted by Gasteiger charge is -2.13. The molecule has 6 heteroatoms. The molecular weight excluding hydrogens is 269 g/mol. The van der Waals surface area contributed by atoms with E-state index >= 15 is 0 Å². The van der Waals surface area contributed by atoms with Gasteiger partial charge in [0.1, 0.15) is 5.69 Å². The second kappa shape index (κ2) is 5.09. The van der Waals surface area contributed by atoms with Gasteiger partial charge in [-0.3, -0.25) is 4.79 Å². The maximum absolute atomic E-state index is 13.7. The van der Waals surface area contributed by atoms with E-state index in [1.54, 1.807) is 23.8 Å². The third-order valence-corrected chi connectivity index (χ3v) is 2.95. The number of nitrogens with zero attached hydrogens (tertiary/aromatic N) is 3. The average molecular weight is 282 g/mol. The molecule has 19 heavy (non-hydrogen) atoms. The van der Waals surface area contributed by atoms with Gasteiger partial charge >= 0.3 is 0 Å². The van der Waals surface area contributed by atoms with E-state index < -0.39 is 5.82 Å². The SMILES string of the molecule is Cc1cc(-c2nc(Cl)ncc2F)cn(C(C)C)c1=O. The average Bonchev–Trinajstić information content (AvgIpc) is 2.35. The van der Waals surface area contributed by atoms with Crippen molar-refractivity contribution in [2.75, 3.05) is 0 Å². The van der Waals surface area contributed by atoms with E-state index in [2.05, 4.69) is 9.97 Å². The third-order valence-electron chi connectivity index (χ3n) is 2.77. The second-order valence-corrected chi connectivity index (χ2v) is 4.89. The van der Waals surface area contributed by atoms with Crippen LogP contribution in [0.3, 0.4) is 0 Å². The molecule has 0 fully saturated rings. The monoisotopic (exact) mass is 281 g/mol. The number of aryl methyl sites for hydroxylation is 1. The van der Waals surface area contributed by atoms with Crippen LogP contribution in [0.4, 0.5) is 4.39 Å². The van der Waals surface area contributed by atoms with Gasteiger partial charge in [-0.2, -0.15) is 0 Å². The number of rotatable bonds is 2. The van der Waals surface area contributed by atoms with Gasteiger partial charge in [0.25, 0.3) is 5.56 Å². The van der Waals surface area contributed by atoms with Crippen LogP contribution >= 0.6 is 11.6 Å². The molecule has 0 aliphatic carbocycles. The minimum atomic E-state index is -0.572. The Morgan fingerprint density at radius 3 is 2.74 bits per heavy atom. The third kappa shape index (κ3) is 2.66. The van der Waals surface area contributed by atoms with Crippen LogP contribution in [0.5, 0.6) is 0 Å². The van der Waals surface area contributed by atoms with Gasteiger partial charge in [0.2, 0.25) is 5.28 Å². The summed E-state index contributed by atoms with van der Waals surface area (Å²) >= 11 is 5.68. The maximum atomic E-state index is 13.7. The van der Waals surface area contributed by atoms with Crippen molar-refractivity contribution in [3.8, 4) is 11.3 Å². The zero-order valence-electron chi connectivity index (χ0n) is 10.8. The van der Waals surface area contributed by atoms with Crippen molar-refractivity contribution in [3.05, 3.63) is 45.5 Å². The quantitative estimate of drug-likeness (QED) is 0.795. The molecule has 2 aromatic heterocycles. The fraction of sp³-hybridized carbons (Fsp3) is 0.308. The van der Waals surface area contributed by atoms with E-state index in [4.69, 9.17) is 11.6 Å². The second-order valence-electron chi connectivity index (χ2n) is 4.55. The van der Waals surface area contributed by atoms with Gasteiger partial charge < -0.3 is 4.57 Å². The van der Waals surface area contributed by atoms with Gasteiger partial charge in [0, 0.05) is 23.4 Å². The number of hydrogen-bond donors (Lipinski definition) is 0. The Kier molecular flexibility index (Phi) is 3.66. The van der Waals surface area contributed by atoms with Crippen molar-refractivity contribution in [3.63, 3.8) is 0 Å². The zero-order valence-corrected chi connectivity index (χ0v) is 11.6. The minimum Gasteiger partial charge on any atom is -0.312 e. The molecule has 0 aliphatic heterocycles. The lowest BCUT2D eigenvalue weighted by atomic mass is 10.1. The van der Waals surface area contributed by atoms with Gasteiger partial charge in [0.15, 0.2) is 5.82 Å². The Morgan fingerprint density at radius 1 is 1.42 bits per heavy atom. The van der Waals surface area contributed by atoms with Crippen LogP contribution in [-0.4, -0.2) is 14.5 Å². The van der Waals surface area contributed by atoms with Gasteiger partial charge in [-0.25, -0.2) is 14.4 Å². The smallest absolute Gasteiger partial charge is 0.253 e. The lowest BCUT2D eigenvalue weighted by molar-refractivity contribution is 0.575. The minimum absolute atomic E-state index is 0.0217. The number of halogens is 2. The molecule has 0 amide bonds. The molecule has 0 saturated heterocycles. The zero-order chi connectivity index (χ0) is 14.2. The lowest BCUT2D eigenvalue weighted by Crippen LogP contribution is -2.23. The molecular formula is C13H13ClFN3O. The predicted octanol–water partition coefficient (Wildman–Crippen LogP) is 2.99. The highest BCUT2D eigenvalue weighted by Gasteiger charge is 2.13. The molecule has 2 heterocycles. The summed E-state index contributed by atoms with van der Waals surface area (Å²) in [5.41, 5.74) is 1.03. The highest BCUT2D eigenvalue weighted by Crippen LogP contribution is 2.22. The molecule has 0 N–H and O–H groups in total. The fourth-order valence-corrected chi connectivity index (χ4v) is 1.94. The summed E-state index contributed by atoms with van der Waals surface area (Å²) in [6, 6.07) is 1.58. The molecule has 0 aromatic carbocycles. The van der Waals surface area contributed by atoms with E-state index in [9.17, 15) is 9.18 Å². The maximum Gasteiger partial charge on any atom is 0.253 e. The molecule has 0 aliphatic rings. The first-order valence-corrected chi connectivity index (χ1v) is 6.19. The van der Waals surface area contributed by atoms with Crippen molar-refractivity contribution < 1.29 is 4.39 Å². The van der Waals surface area contributed by atoms with E-state index in [0.717, 1.165) is 6.20 Å². The van der Waals surface area contributed by atoms with Crippen LogP contribution in [0.15, 0.2) is 23.3 Å². The Bertz CT molecular complexity index is 682. The van der Waals surface area contributed by atoms with Gasteiger partial charge in [0.05, 0.1) is 6.20 Å². The molecule has 0 spiro atoms. The van der Waals surface area contributed by atoms with Gasteiger partial charge in [-0.15, -0.1) is 0 Å². The molecule has 0 atom stereocenters. The van der Waals surface area contributed by atoms with Crippen molar-refractivity contribution >= 4 is 11.6 Å². The van der Waals surface area contributed by atoms with E-state index in [-0.39, 0.29) is 22.6 Å².